The number of fused-ring (bicyclic) bond motifs is 1. The zero-order valence-electron chi connectivity index (χ0n) is 32.0. The highest BCUT2D eigenvalue weighted by Crippen LogP contribution is 2.39. The SMILES string of the molecule is CC[C@H](C)[C@H](N)C(=O)N1C[C@H](OCc2ccc3c(c2)N(CCCOC)CCO3)[C@@H](c2ccc(COCCOC)cc2)C[C@@H]1CC(C)(C)NC(C)=O. The van der Waals surface area contributed by atoms with Gasteiger partial charge in [-0.25, -0.2) is 0 Å². The molecule has 3 N–H and O–H groups in total. The maximum absolute atomic E-state index is 14.2. The van der Waals surface area contributed by atoms with Crippen LogP contribution in [-0.2, 0) is 41.8 Å². The van der Waals surface area contributed by atoms with Crippen molar-refractivity contribution in [3.05, 3.63) is 59.2 Å². The molecular weight excluding hydrogens is 648 g/mol. The molecule has 0 bridgehead atoms. The van der Waals surface area contributed by atoms with E-state index in [-0.39, 0.29) is 35.8 Å². The molecule has 0 unspecified atom stereocenters. The van der Waals surface area contributed by atoms with Crippen LogP contribution in [0.15, 0.2) is 42.5 Å². The molecule has 1 fully saturated rings. The number of carbonyl (C=O) groups is 2. The Morgan fingerprint density at radius 2 is 1.76 bits per heavy atom. The van der Waals surface area contributed by atoms with Gasteiger partial charge in [0.15, 0.2) is 0 Å². The number of amides is 2. The molecular formula is C40H62N4O7. The van der Waals surface area contributed by atoms with Crippen LogP contribution in [0.4, 0.5) is 5.69 Å². The Bertz CT molecular complexity index is 1390. The van der Waals surface area contributed by atoms with Crippen LogP contribution in [0.5, 0.6) is 5.75 Å². The number of nitrogens with one attached hydrogen (secondary N) is 1. The van der Waals surface area contributed by atoms with Gasteiger partial charge in [-0.05, 0) is 67.9 Å². The van der Waals surface area contributed by atoms with Gasteiger partial charge in [0.1, 0.15) is 12.4 Å². The van der Waals surface area contributed by atoms with Crippen molar-refractivity contribution in [3.63, 3.8) is 0 Å². The Balaban J connectivity index is 1.63. The molecule has 0 spiro atoms. The average molecular weight is 711 g/mol. The largest absolute Gasteiger partial charge is 0.490 e. The third-order valence-corrected chi connectivity index (χ3v) is 10.2. The van der Waals surface area contributed by atoms with E-state index in [2.05, 4.69) is 53.5 Å². The van der Waals surface area contributed by atoms with E-state index in [1.165, 1.54) is 6.92 Å². The lowest BCUT2D eigenvalue weighted by atomic mass is 9.78. The Labute approximate surface area is 305 Å². The molecule has 2 aliphatic heterocycles. The molecule has 0 radical (unpaired) electrons. The normalized spacial score (nSPS) is 20.4. The summed E-state index contributed by atoms with van der Waals surface area (Å²) in [6, 6.07) is 14.0. The van der Waals surface area contributed by atoms with Gasteiger partial charge in [0, 0.05) is 58.3 Å². The van der Waals surface area contributed by atoms with Crippen LogP contribution >= 0.6 is 0 Å². The van der Waals surface area contributed by atoms with Gasteiger partial charge in [-0.15, -0.1) is 0 Å². The summed E-state index contributed by atoms with van der Waals surface area (Å²) in [5, 5.41) is 3.10. The molecule has 4 rings (SSSR count). The van der Waals surface area contributed by atoms with E-state index in [0.29, 0.717) is 59.0 Å². The fourth-order valence-electron chi connectivity index (χ4n) is 7.27. The van der Waals surface area contributed by atoms with Crippen LogP contribution < -0.4 is 20.7 Å². The van der Waals surface area contributed by atoms with Crippen LogP contribution in [0.2, 0.25) is 0 Å². The highest BCUT2D eigenvalue weighted by molar-refractivity contribution is 5.82. The average Bonchev–Trinajstić information content (AvgIpc) is 3.11. The minimum Gasteiger partial charge on any atom is -0.490 e. The fraction of sp³-hybridized carbons (Fsp3) is 0.650. The van der Waals surface area contributed by atoms with Gasteiger partial charge in [-0.3, -0.25) is 9.59 Å². The van der Waals surface area contributed by atoms with Crippen molar-refractivity contribution in [1.29, 1.82) is 0 Å². The van der Waals surface area contributed by atoms with Gasteiger partial charge >= 0.3 is 0 Å². The number of methoxy groups -OCH3 is 2. The molecule has 0 aromatic heterocycles. The van der Waals surface area contributed by atoms with Gasteiger partial charge in [-0.2, -0.15) is 0 Å². The maximum Gasteiger partial charge on any atom is 0.240 e. The Kier molecular flexibility index (Phi) is 15.6. The van der Waals surface area contributed by atoms with Crippen molar-refractivity contribution in [3.8, 4) is 5.75 Å². The van der Waals surface area contributed by atoms with Crippen LogP contribution in [0.3, 0.4) is 0 Å². The lowest BCUT2D eigenvalue weighted by Gasteiger charge is -2.47. The number of ether oxygens (including phenoxy) is 5. The lowest BCUT2D eigenvalue weighted by Crippen LogP contribution is -2.60. The smallest absolute Gasteiger partial charge is 0.240 e. The van der Waals surface area contributed by atoms with Crippen molar-refractivity contribution in [2.75, 3.05) is 65.2 Å². The second-order valence-electron chi connectivity index (χ2n) is 14.8. The number of hydrogen-bond acceptors (Lipinski definition) is 9. The first-order chi connectivity index (χ1) is 24.5. The Morgan fingerprint density at radius 3 is 2.45 bits per heavy atom. The molecule has 1 saturated heterocycles. The second kappa shape index (κ2) is 19.6. The topological polar surface area (TPSA) is 125 Å². The van der Waals surface area contributed by atoms with E-state index >= 15 is 0 Å². The molecule has 0 aliphatic carbocycles. The minimum atomic E-state index is -0.624. The van der Waals surface area contributed by atoms with Gasteiger partial charge in [-0.1, -0.05) is 50.6 Å². The number of carbonyl (C=O) groups excluding carboxylic acids is 2. The highest BCUT2D eigenvalue weighted by atomic mass is 16.5. The fourth-order valence-corrected chi connectivity index (χ4v) is 7.27. The number of anilines is 1. The second-order valence-corrected chi connectivity index (χ2v) is 14.8. The number of benzene rings is 2. The van der Waals surface area contributed by atoms with Crippen molar-refractivity contribution >= 4 is 17.5 Å². The first-order valence-corrected chi connectivity index (χ1v) is 18.6. The predicted molar refractivity (Wildman–Crippen MR) is 200 cm³/mol. The summed E-state index contributed by atoms with van der Waals surface area (Å²) in [4.78, 5) is 30.6. The van der Waals surface area contributed by atoms with Crippen LogP contribution in [-0.4, -0.2) is 101 Å². The first-order valence-electron chi connectivity index (χ1n) is 18.6. The molecule has 2 heterocycles. The first kappa shape index (κ1) is 40.5. The summed E-state index contributed by atoms with van der Waals surface area (Å²) in [6.45, 7) is 15.1. The van der Waals surface area contributed by atoms with Crippen LogP contribution in [0, 0.1) is 5.92 Å². The molecule has 11 heteroatoms. The highest BCUT2D eigenvalue weighted by Gasteiger charge is 2.43. The molecule has 0 saturated carbocycles. The van der Waals surface area contributed by atoms with E-state index in [1.807, 2.05) is 31.7 Å². The van der Waals surface area contributed by atoms with E-state index in [4.69, 9.17) is 29.4 Å². The quantitative estimate of drug-likeness (QED) is 0.193. The van der Waals surface area contributed by atoms with Gasteiger partial charge in [0.2, 0.25) is 11.8 Å². The summed E-state index contributed by atoms with van der Waals surface area (Å²) < 4.78 is 29.0. The monoisotopic (exact) mass is 710 g/mol. The Hall–Kier alpha value is -3.22. The van der Waals surface area contributed by atoms with Gasteiger partial charge < -0.3 is 44.5 Å². The van der Waals surface area contributed by atoms with E-state index in [9.17, 15) is 9.59 Å². The molecule has 51 heavy (non-hydrogen) atoms. The number of rotatable bonds is 19. The van der Waals surface area contributed by atoms with Crippen LogP contribution in [0.25, 0.3) is 0 Å². The maximum atomic E-state index is 14.2. The van der Waals surface area contributed by atoms with Crippen LogP contribution in [0.1, 0.15) is 82.9 Å². The lowest BCUT2D eigenvalue weighted by molar-refractivity contribution is -0.144. The standard InChI is InChI=1S/C40H62N4O7/c1-8-28(2)38(41)39(46)44-25-37(51-27-31-12-15-36-35(22-31)43(17-19-50-36)16-9-18-47-6)34(23-33(44)24-40(4,5)42-29(3)45)32-13-10-30(11-14-32)26-49-21-20-48-7/h10-15,22,28,33-34,37-38H,8-9,16-21,23-27,41H2,1-7H3,(H,42,45)/t28-,33+,34+,37-,38-/m0/s1. The molecule has 2 aliphatic rings. The summed E-state index contributed by atoms with van der Waals surface area (Å²) in [7, 11) is 3.39. The van der Waals surface area contributed by atoms with Gasteiger partial charge in [0.05, 0.1) is 50.8 Å². The van der Waals surface area contributed by atoms with E-state index in [0.717, 1.165) is 54.1 Å². The summed E-state index contributed by atoms with van der Waals surface area (Å²) in [5.74, 6) is 0.744. The number of piperidine rings is 1. The van der Waals surface area contributed by atoms with Crippen molar-refractivity contribution < 1.29 is 33.3 Å². The molecule has 5 atom stereocenters. The van der Waals surface area contributed by atoms with Crippen molar-refractivity contribution in [2.45, 2.75) is 103 Å². The van der Waals surface area contributed by atoms with E-state index < -0.39 is 11.6 Å². The predicted octanol–water partition coefficient (Wildman–Crippen LogP) is 5.03. The molecule has 2 aromatic carbocycles. The molecule has 284 valence electrons. The zero-order valence-corrected chi connectivity index (χ0v) is 32.0. The zero-order chi connectivity index (χ0) is 37.0. The minimum absolute atomic E-state index is 0.00182. The molecule has 11 nitrogen and oxygen atoms in total. The molecule has 2 amide bonds. The number of hydrogen-bond donors (Lipinski definition) is 2. The van der Waals surface area contributed by atoms with Crippen molar-refractivity contribution in [2.24, 2.45) is 11.7 Å². The third-order valence-electron chi connectivity index (χ3n) is 10.2. The number of nitrogens with zero attached hydrogens (tertiary/aromatic N) is 2. The third kappa shape index (κ3) is 11.6. The van der Waals surface area contributed by atoms with Gasteiger partial charge in [0.25, 0.3) is 0 Å². The summed E-state index contributed by atoms with van der Waals surface area (Å²) in [6.07, 6.45) is 2.71. The van der Waals surface area contributed by atoms with Crippen molar-refractivity contribution in [1.82, 2.24) is 10.2 Å². The van der Waals surface area contributed by atoms with E-state index in [1.54, 1.807) is 14.2 Å². The molecule has 2 aromatic rings. The Morgan fingerprint density at radius 1 is 1.04 bits per heavy atom. The summed E-state index contributed by atoms with van der Waals surface area (Å²) >= 11 is 0. The summed E-state index contributed by atoms with van der Waals surface area (Å²) in [5.41, 5.74) is 10.4. The number of likely N-dealkylation sites (tertiary alicyclic amines) is 1. The number of nitrogens with two attached hydrogens (primary N) is 1.